The average molecular weight is 361 g/mol. The molecule has 25 heavy (non-hydrogen) atoms. The fourth-order valence-electron chi connectivity index (χ4n) is 2.83. The van der Waals surface area contributed by atoms with E-state index in [-0.39, 0.29) is 22.3 Å². The van der Waals surface area contributed by atoms with Crippen molar-refractivity contribution in [2.45, 2.75) is 18.6 Å². The van der Waals surface area contributed by atoms with Crippen molar-refractivity contribution in [1.82, 2.24) is 0 Å². The Balaban J connectivity index is 1.96. The first-order valence-electron chi connectivity index (χ1n) is 7.85. The van der Waals surface area contributed by atoms with Crippen LogP contribution in [0.3, 0.4) is 0 Å². The summed E-state index contributed by atoms with van der Waals surface area (Å²) in [6, 6.07) is 6.63. The van der Waals surface area contributed by atoms with E-state index in [1.807, 2.05) is 6.07 Å². The van der Waals surface area contributed by atoms with Gasteiger partial charge in [0.25, 0.3) is 0 Å². The number of thioether (sulfide) groups is 1. The zero-order valence-corrected chi connectivity index (χ0v) is 14.8. The molecule has 0 bridgehead atoms. The second-order valence-electron chi connectivity index (χ2n) is 5.73. The van der Waals surface area contributed by atoms with Gasteiger partial charge in [0.15, 0.2) is 11.5 Å². The Morgan fingerprint density at radius 1 is 1.28 bits per heavy atom. The monoisotopic (exact) mass is 361 g/mol. The first-order chi connectivity index (χ1) is 12.0. The SMILES string of the molecule is COc1cc([C@H]2CC(c3c(O)cc(C)oc3=O)=NCCS2)ccc1O. The van der Waals surface area contributed by atoms with E-state index in [1.165, 1.54) is 13.2 Å². The molecule has 1 aliphatic rings. The summed E-state index contributed by atoms with van der Waals surface area (Å²) < 4.78 is 10.3. The highest BCUT2D eigenvalue weighted by atomic mass is 32.2. The molecule has 1 aliphatic heterocycles. The molecular weight excluding hydrogens is 342 g/mol. The number of phenolic OH excluding ortho intramolecular Hbond substituents is 1. The molecule has 3 rings (SSSR count). The number of aliphatic imine (C=N–C) groups is 1. The van der Waals surface area contributed by atoms with Gasteiger partial charge in [-0.25, -0.2) is 4.79 Å². The summed E-state index contributed by atoms with van der Waals surface area (Å²) in [6.45, 7) is 2.17. The van der Waals surface area contributed by atoms with Crippen LogP contribution >= 0.6 is 11.8 Å². The molecule has 0 aliphatic carbocycles. The van der Waals surface area contributed by atoms with Crippen molar-refractivity contribution in [3.05, 3.63) is 51.6 Å². The molecule has 6 nitrogen and oxygen atoms in total. The van der Waals surface area contributed by atoms with Crippen molar-refractivity contribution < 1.29 is 19.4 Å². The van der Waals surface area contributed by atoms with Crippen molar-refractivity contribution in [1.29, 1.82) is 0 Å². The van der Waals surface area contributed by atoms with Gasteiger partial charge in [-0.05, 0) is 24.6 Å². The minimum absolute atomic E-state index is 0.0239. The van der Waals surface area contributed by atoms with Gasteiger partial charge in [-0.1, -0.05) is 6.07 Å². The molecule has 2 N–H and O–H groups in total. The quantitative estimate of drug-likeness (QED) is 0.873. The molecule has 0 spiro atoms. The third-order valence-corrected chi connectivity index (χ3v) is 5.27. The lowest BCUT2D eigenvalue weighted by atomic mass is 10.0. The Morgan fingerprint density at radius 2 is 2.08 bits per heavy atom. The molecular formula is C18H19NO5S. The molecule has 1 aromatic carbocycles. The minimum Gasteiger partial charge on any atom is -0.507 e. The molecule has 0 radical (unpaired) electrons. The largest absolute Gasteiger partial charge is 0.507 e. The number of ether oxygens (including phenoxy) is 1. The lowest BCUT2D eigenvalue weighted by Crippen LogP contribution is -2.17. The highest BCUT2D eigenvalue weighted by molar-refractivity contribution is 7.99. The van der Waals surface area contributed by atoms with Gasteiger partial charge >= 0.3 is 5.63 Å². The maximum Gasteiger partial charge on any atom is 0.348 e. The summed E-state index contributed by atoms with van der Waals surface area (Å²) in [5, 5.41) is 20.0. The smallest absolute Gasteiger partial charge is 0.348 e. The fraction of sp³-hybridized carbons (Fsp3) is 0.333. The van der Waals surface area contributed by atoms with Crippen molar-refractivity contribution in [3.8, 4) is 17.2 Å². The van der Waals surface area contributed by atoms with Gasteiger partial charge in [-0.3, -0.25) is 4.99 Å². The Labute approximate surface area is 149 Å². The topological polar surface area (TPSA) is 92.3 Å². The van der Waals surface area contributed by atoms with E-state index >= 15 is 0 Å². The van der Waals surface area contributed by atoms with Gasteiger partial charge in [0.05, 0.1) is 12.8 Å². The highest BCUT2D eigenvalue weighted by Crippen LogP contribution is 2.39. The summed E-state index contributed by atoms with van der Waals surface area (Å²) in [7, 11) is 1.50. The molecule has 132 valence electrons. The summed E-state index contributed by atoms with van der Waals surface area (Å²) >= 11 is 1.71. The van der Waals surface area contributed by atoms with Crippen LogP contribution < -0.4 is 10.4 Å². The lowest BCUT2D eigenvalue weighted by molar-refractivity contribution is 0.373. The number of rotatable bonds is 3. The predicted molar refractivity (Wildman–Crippen MR) is 97.3 cm³/mol. The number of methoxy groups -OCH3 is 1. The van der Waals surface area contributed by atoms with Gasteiger partial charge in [-0.15, -0.1) is 0 Å². The Kier molecular flexibility index (Phi) is 5.03. The van der Waals surface area contributed by atoms with Crippen LogP contribution in [0.5, 0.6) is 17.2 Å². The van der Waals surface area contributed by atoms with E-state index in [1.54, 1.807) is 30.8 Å². The zero-order chi connectivity index (χ0) is 18.0. The summed E-state index contributed by atoms with van der Waals surface area (Å²) in [4.78, 5) is 16.7. The van der Waals surface area contributed by atoms with Crippen LogP contribution in [0.1, 0.15) is 28.6 Å². The molecule has 0 amide bonds. The summed E-state index contributed by atoms with van der Waals surface area (Å²) in [6.07, 6.45) is 0.472. The molecule has 2 heterocycles. The van der Waals surface area contributed by atoms with Crippen molar-refractivity contribution in [2.24, 2.45) is 4.99 Å². The van der Waals surface area contributed by atoms with Crippen LogP contribution in [0, 0.1) is 6.92 Å². The third kappa shape index (κ3) is 3.66. The number of nitrogens with zero attached hydrogens (tertiary/aromatic N) is 1. The van der Waals surface area contributed by atoms with Gasteiger partial charge in [0, 0.05) is 30.0 Å². The number of aromatic hydroxyl groups is 2. The first-order valence-corrected chi connectivity index (χ1v) is 8.90. The second kappa shape index (κ2) is 7.23. The van der Waals surface area contributed by atoms with Crippen molar-refractivity contribution in [3.63, 3.8) is 0 Å². The average Bonchev–Trinajstić information content (AvgIpc) is 2.80. The maximum atomic E-state index is 12.2. The van der Waals surface area contributed by atoms with Gasteiger partial charge in [-0.2, -0.15) is 11.8 Å². The molecule has 7 heteroatoms. The zero-order valence-electron chi connectivity index (χ0n) is 14.0. The van der Waals surface area contributed by atoms with Crippen LogP contribution in [0.2, 0.25) is 0 Å². The third-order valence-electron chi connectivity index (χ3n) is 4.01. The van der Waals surface area contributed by atoms with E-state index in [4.69, 9.17) is 9.15 Å². The number of hydrogen-bond acceptors (Lipinski definition) is 7. The highest BCUT2D eigenvalue weighted by Gasteiger charge is 2.24. The Bertz CT molecular complexity index is 874. The fourth-order valence-corrected chi connectivity index (χ4v) is 3.92. The van der Waals surface area contributed by atoms with E-state index in [2.05, 4.69) is 4.99 Å². The van der Waals surface area contributed by atoms with E-state index in [9.17, 15) is 15.0 Å². The number of aryl methyl sites for hydroxylation is 1. The number of phenols is 1. The maximum absolute atomic E-state index is 12.2. The van der Waals surface area contributed by atoms with Crippen LogP contribution in [-0.4, -0.2) is 35.3 Å². The van der Waals surface area contributed by atoms with Gasteiger partial charge in [0.2, 0.25) is 0 Å². The standard InChI is InChI=1S/C18H19NO5S/c1-10-7-14(21)17(18(22)24-10)12-9-16(25-6-5-19-12)11-3-4-13(20)15(8-11)23-2/h3-4,7-8,16,20-21H,5-6,9H2,1-2H3/t16-/m1/s1. The van der Waals surface area contributed by atoms with E-state index in [0.29, 0.717) is 30.2 Å². The predicted octanol–water partition coefficient (Wildman–Crippen LogP) is 3.04. The van der Waals surface area contributed by atoms with Gasteiger partial charge < -0.3 is 19.4 Å². The van der Waals surface area contributed by atoms with Crippen LogP contribution in [0.4, 0.5) is 0 Å². The Hall–Kier alpha value is -2.41. The normalized spacial score (nSPS) is 17.7. The Morgan fingerprint density at radius 3 is 2.80 bits per heavy atom. The summed E-state index contributed by atoms with van der Waals surface area (Å²) in [5.41, 5.74) is 1.05. The number of hydrogen-bond donors (Lipinski definition) is 2. The van der Waals surface area contributed by atoms with Crippen LogP contribution in [-0.2, 0) is 0 Å². The van der Waals surface area contributed by atoms with Crippen molar-refractivity contribution >= 4 is 17.5 Å². The van der Waals surface area contributed by atoms with Crippen LogP contribution in [0.25, 0.3) is 0 Å². The molecule has 2 aromatic rings. The molecule has 0 fully saturated rings. The first kappa shape index (κ1) is 17.4. The lowest BCUT2D eigenvalue weighted by Gasteiger charge is -2.17. The molecule has 0 unspecified atom stereocenters. The molecule has 1 atom stereocenters. The minimum atomic E-state index is -0.579. The molecule has 1 aromatic heterocycles. The van der Waals surface area contributed by atoms with Gasteiger partial charge in [0.1, 0.15) is 17.1 Å². The van der Waals surface area contributed by atoms with E-state index < -0.39 is 5.63 Å². The number of benzene rings is 1. The second-order valence-corrected chi connectivity index (χ2v) is 7.04. The van der Waals surface area contributed by atoms with Crippen LogP contribution in [0.15, 0.2) is 38.5 Å². The molecule has 0 saturated heterocycles. The summed E-state index contributed by atoms with van der Waals surface area (Å²) in [5.74, 6) is 1.51. The van der Waals surface area contributed by atoms with E-state index in [0.717, 1.165) is 11.3 Å². The molecule has 0 saturated carbocycles. The van der Waals surface area contributed by atoms with Crippen molar-refractivity contribution in [2.75, 3.05) is 19.4 Å².